The van der Waals surface area contributed by atoms with Gasteiger partial charge in [-0.15, -0.1) is 0 Å². The molecule has 3 heterocycles. The van der Waals surface area contributed by atoms with Gasteiger partial charge in [0, 0.05) is 37.4 Å². The van der Waals surface area contributed by atoms with Crippen molar-refractivity contribution in [3.05, 3.63) is 54.2 Å². The van der Waals surface area contributed by atoms with E-state index >= 15 is 0 Å². The first-order valence-corrected chi connectivity index (χ1v) is 8.22. The monoisotopic (exact) mass is 299 g/mol. The minimum atomic E-state index is 0.667. The molecule has 0 N–H and O–H groups in total. The molecule has 118 valence electrons. The van der Waals surface area contributed by atoms with E-state index < -0.39 is 0 Å². The zero-order valence-corrected chi connectivity index (χ0v) is 13.3. The Labute approximate surface area is 132 Å². The molecule has 0 aromatic carbocycles. The predicted molar refractivity (Wildman–Crippen MR) is 87.3 cm³/mol. The van der Waals surface area contributed by atoms with Crippen molar-refractivity contribution in [3.8, 4) is 0 Å². The van der Waals surface area contributed by atoms with Gasteiger partial charge in [-0.25, -0.2) is 0 Å². The van der Waals surface area contributed by atoms with Gasteiger partial charge in [0.1, 0.15) is 0 Å². The average molecular weight is 299 g/mol. The molecule has 2 aromatic rings. The zero-order valence-electron chi connectivity index (χ0n) is 13.3. The molecule has 0 amide bonds. The summed E-state index contributed by atoms with van der Waals surface area (Å²) in [5, 5.41) is 0. The number of hydrogen-bond acceptors (Lipinski definition) is 4. The van der Waals surface area contributed by atoms with Crippen LogP contribution in [-0.4, -0.2) is 40.5 Å². The molecule has 22 heavy (non-hydrogen) atoms. The minimum absolute atomic E-state index is 0.667. The standard InChI is InChI=1S/C18H25N3O/c1-2-21-10-5-7-18(21)14-20(12-16-8-11-22-15-16)13-17-6-3-4-9-19-17/h3-4,6,8-9,11,15,18H,2,5,7,10,12-14H2,1H3. The third kappa shape index (κ3) is 3.96. The molecular formula is C18H25N3O. The molecule has 0 radical (unpaired) electrons. The predicted octanol–water partition coefficient (Wildman–Crippen LogP) is 3.16. The van der Waals surface area contributed by atoms with Crippen molar-refractivity contribution in [1.29, 1.82) is 0 Å². The normalized spacial score (nSPS) is 19.1. The first kappa shape index (κ1) is 15.3. The topological polar surface area (TPSA) is 32.5 Å². The zero-order chi connectivity index (χ0) is 15.2. The molecule has 1 aliphatic heterocycles. The summed E-state index contributed by atoms with van der Waals surface area (Å²) >= 11 is 0. The third-order valence-corrected chi connectivity index (χ3v) is 4.47. The summed E-state index contributed by atoms with van der Waals surface area (Å²) < 4.78 is 5.23. The molecule has 1 atom stereocenters. The number of pyridine rings is 1. The molecule has 0 spiro atoms. The summed E-state index contributed by atoms with van der Waals surface area (Å²) in [6.07, 6.45) is 8.10. The van der Waals surface area contributed by atoms with Gasteiger partial charge in [0.05, 0.1) is 18.2 Å². The number of likely N-dealkylation sites (N-methyl/N-ethyl adjacent to an activating group) is 1. The summed E-state index contributed by atoms with van der Waals surface area (Å²) in [5.41, 5.74) is 2.36. The van der Waals surface area contributed by atoms with Gasteiger partial charge in [-0.05, 0) is 44.1 Å². The lowest BCUT2D eigenvalue weighted by Gasteiger charge is -2.29. The van der Waals surface area contributed by atoms with Crippen molar-refractivity contribution in [2.75, 3.05) is 19.6 Å². The molecule has 1 saturated heterocycles. The van der Waals surface area contributed by atoms with Crippen molar-refractivity contribution in [3.63, 3.8) is 0 Å². The quantitative estimate of drug-likeness (QED) is 0.786. The molecule has 4 nitrogen and oxygen atoms in total. The maximum absolute atomic E-state index is 5.23. The maximum Gasteiger partial charge on any atom is 0.0947 e. The molecule has 0 saturated carbocycles. The molecule has 3 rings (SSSR count). The van der Waals surface area contributed by atoms with Gasteiger partial charge in [0.2, 0.25) is 0 Å². The van der Waals surface area contributed by atoms with E-state index in [1.807, 2.05) is 18.5 Å². The molecule has 1 aliphatic rings. The first-order valence-electron chi connectivity index (χ1n) is 8.22. The fourth-order valence-electron chi connectivity index (χ4n) is 3.36. The molecule has 0 aliphatic carbocycles. The lowest BCUT2D eigenvalue weighted by molar-refractivity contribution is 0.164. The number of aromatic nitrogens is 1. The first-order chi connectivity index (χ1) is 10.8. The second-order valence-electron chi connectivity index (χ2n) is 6.05. The molecule has 2 aromatic heterocycles. The maximum atomic E-state index is 5.23. The van der Waals surface area contributed by atoms with Crippen molar-refractivity contribution < 1.29 is 4.42 Å². The van der Waals surface area contributed by atoms with Crippen LogP contribution >= 0.6 is 0 Å². The van der Waals surface area contributed by atoms with Crippen LogP contribution < -0.4 is 0 Å². The van der Waals surface area contributed by atoms with Crippen molar-refractivity contribution in [1.82, 2.24) is 14.8 Å². The van der Waals surface area contributed by atoms with E-state index in [9.17, 15) is 0 Å². The summed E-state index contributed by atoms with van der Waals surface area (Å²) in [6.45, 7) is 7.55. The van der Waals surface area contributed by atoms with Crippen molar-refractivity contribution in [2.24, 2.45) is 0 Å². The van der Waals surface area contributed by atoms with Crippen LogP contribution in [0.1, 0.15) is 31.0 Å². The molecular weight excluding hydrogens is 274 g/mol. The number of likely N-dealkylation sites (tertiary alicyclic amines) is 1. The van der Waals surface area contributed by atoms with Gasteiger partial charge in [-0.2, -0.15) is 0 Å². The Morgan fingerprint density at radius 2 is 2.27 bits per heavy atom. The highest BCUT2D eigenvalue weighted by Crippen LogP contribution is 2.19. The second kappa shape index (κ2) is 7.56. The number of nitrogens with zero attached hydrogens (tertiary/aromatic N) is 3. The van der Waals surface area contributed by atoms with Gasteiger partial charge in [0.25, 0.3) is 0 Å². The smallest absolute Gasteiger partial charge is 0.0947 e. The van der Waals surface area contributed by atoms with E-state index in [0.717, 1.165) is 31.9 Å². The van der Waals surface area contributed by atoms with Crippen LogP contribution in [0.3, 0.4) is 0 Å². The van der Waals surface area contributed by atoms with Gasteiger partial charge in [-0.3, -0.25) is 14.8 Å². The van der Waals surface area contributed by atoms with E-state index in [4.69, 9.17) is 4.42 Å². The van der Waals surface area contributed by atoms with Gasteiger partial charge >= 0.3 is 0 Å². The fourth-order valence-corrected chi connectivity index (χ4v) is 3.36. The Bertz CT molecular complexity index is 541. The molecule has 4 heteroatoms. The largest absolute Gasteiger partial charge is 0.472 e. The van der Waals surface area contributed by atoms with Crippen molar-refractivity contribution >= 4 is 0 Å². The highest BCUT2D eigenvalue weighted by Gasteiger charge is 2.25. The summed E-state index contributed by atoms with van der Waals surface area (Å²) in [5.74, 6) is 0. The van der Waals surface area contributed by atoms with E-state index in [0.29, 0.717) is 6.04 Å². The SMILES string of the molecule is CCN1CCCC1CN(Cc1ccoc1)Cc1ccccn1. The van der Waals surface area contributed by atoms with E-state index in [1.165, 1.54) is 24.9 Å². The Balaban J connectivity index is 1.68. The Morgan fingerprint density at radius 3 is 3.00 bits per heavy atom. The van der Waals surface area contributed by atoms with E-state index in [-0.39, 0.29) is 0 Å². The van der Waals surface area contributed by atoms with E-state index in [1.54, 1.807) is 6.26 Å². The van der Waals surface area contributed by atoms with Crippen molar-refractivity contribution in [2.45, 2.75) is 38.9 Å². The number of furan rings is 1. The lowest BCUT2D eigenvalue weighted by Crippen LogP contribution is -2.39. The molecule has 1 fully saturated rings. The van der Waals surface area contributed by atoms with Crippen LogP contribution in [0.25, 0.3) is 0 Å². The summed E-state index contributed by atoms with van der Waals surface area (Å²) in [4.78, 5) is 9.57. The lowest BCUT2D eigenvalue weighted by atomic mass is 10.2. The second-order valence-corrected chi connectivity index (χ2v) is 6.05. The highest BCUT2D eigenvalue weighted by atomic mass is 16.3. The van der Waals surface area contributed by atoms with Crippen LogP contribution in [0.15, 0.2) is 47.4 Å². The van der Waals surface area contributed by atoms with E-state index in [2.05, 4.69) is 39.9 Å². The highest BCUT2D eigenvalue weighted by molar-refractivity contribution is 5.07. The summed E-state index contributed by atoms with van der Waals surface area (Å²) in [7, 11) is 0. The molecule has 1 unspecified atom stereocenters. The Morgan fingerprint density at radius 1 is 1.32 bits per heavy atom. The average Bonchev–Trinajstić information content (AvgIpc) is 3.20. The van der Waals surface area contributed by atoms with Gasteiger partial charge in [0.15, 0.2) is 0 Å². The number of hydrogen-bond donors (Lipinski definition) is 0. The van der Waals surface area contributed by atoms with Crippen LogP contribution in [0.4, 0.5) is 0 Å². The fraction of sp³-hybridized carbons (Fsp3) is 0.500. The van der Waals surface area contributed by atoms with Crippen LogP contribution in [0.5, 0.6) is 0 Å². The Kier molecular flexibility index (Phi) is 5.24. The van der Waals surface area contributed by atoms with Crippen LogP contribution in [-0.2, 0) is 13.1 Å². The third-order valence-electron chi connectivity index (χ3n) is 4.47. The van der Waals surface area contributed by atoms with Crippen LogP contribution in [0, 0.1) is 0 Å². The minimum Gasteiger partial charge on any atom is -0.472 e. The number of rotatable bonds is 7. The van der Waals surface area contributed by atoms with Gasteiger partial charge < -0.3 is 4.42 Å². The van der Waals surface area contributed by atoms with Crippen LogP contribution in [0.2, 0.25) is 0 Å². The molecule has 0 bridgehead atoms. The summed E-state index contributed by atoms with van der Waals surface area (Å²) in [6, 6.07) is 8.86. The Hall–Kier alpha value is -1.65. The van der Waals surface area contributed by atoms with Gasteiger partial charge in [-0.1, -0.05) is 13.0 Å².